The summed E-state index contributed by atoms with van der Waals surface area (Å²) in [6.07, 6.45) is 3.86. The second kappa shape index (κ2) is 8.70. The van der Waals surface area contributed by atoms with Crippen LogP contribution >= 0.6 is 0 Å². The number of nitrogens with zero attached hydrogens (tertiary/aromatic N) is 4. The van der Waals surface area contributed by atoms with Gasteiger partial charge >= 0.3 is 5.97 Å². The first-order valence-electron chi connectivity index (χ1n) is 11.8. The van der Waals surface area contributed by atoms with Crippen LogP contribution in [0.25, 0.3) is 22.3 Å². The van der Waals surface area contributed by atoms with Gasteiger partial charge in [0.1, 0.15) is 0 Å². The number of anilines is 2. The van der Waals surface area contributed by atoms with E-state index in [2.05, 4.69) is 39.0 Å². The molecule has 0 radical (unpaired) electrons. The Morgan fingerprint density at radius 2 is 2.17 bits per heavy atom. The summed E-state index contributed by atoms with van der Waals surface area (Å²) in [5.41, 5.74) is 5.63. The summed E-state index contributed by atoms with van der Waals surface area (Å²) < 4.78 is 10.9. The maximum Gasteiger partial charge on any atom is 0.338 e. The van der Waals surface area contributed by atoms with Crippen molar-refractivity contribution in [3.05, 3.63) is 71.5 Å². The van der Waals surface area contributed by atoms with Gasteiger partial charge in [-0.25, -0.2) is 14.8 Å². The van der Waals surface area contributed by atoms with E-state index >= 15 is 0 Å². The number of carbonyl (C=O) groups excluding carboxylic acids is 1. The number of hydrogen-bond donors (Lipinski definition) is 1. The summed E-state index contributed by atoms with van der Waals surface area (Å²) in [4.78, 5) is 30.2. The summed E-state index contributed by atoms with van der Waals surface area (Å²) in [5, 5.41) is 1.10. The van der Waals surface area contributed by atoms with Gasteiger partial charge in [0.25, 0.3) is 0 Å². The van der Waals surface area contributed by atoms with E-state index in [1.165, 1.54) is 7.11 Å². The number of ether oxygens (including phenoxy) is 2. The lowest BCUT2D eigenvalue weighted by Gasteiger charge is -2.45. The van der Waals surface area contributed by atoms with Crippen molar-refractivity contribution in [2.24, 2.45) is 0 Å². The van der Waals surface area contributed by atoms with Crippen LogP contribution in [0.2, 0.25) is 0 Å². The van der Waals surface area contributed by atoms with Crippen molar-refractivity contribution in [2.75, 3.05) is 43.2 Å². The number of hydrogen-bond acceptors (Lipinski definition) is 7. The standard InChI is InChI=1S/C27H27N5O3/c1-17-6-7-20(27(33)34-2)18(12-17)14-31-15-19-16-35-11-10-32(19)26-24(31)13-29-25(30-26)22-4-3-5-23-21(22)8-9-28-23/h3-9,12-13,19,28H,10-11,14-16H2,1-2H3. The van der Waals surface area contributed by atoms with E-state index in [0.29, 0.717) is 31.1 Å². The quantitative estimate of drug-likeness (QED) is 0.453. The van der Waals surface area contributed by atoms with E-state index in [4.69, 9.17) is 19.4 Å². The van der Waals surface area contributed by atoms with Gasteiger partial charge in [-0.15, -0.1) is 0 Å². The van der Waals surface area contributed by atoms with Crippen molar-refractivity contribution in [2.45, 2.75) is 19.5 Å². The van der Waals surface area contributed by atoms with Crippen LogP contribution in [0.3, 0.4) is 0 Å². The number of benzene rings is 2. The molecule has 6 rings (SSSR count). The number of methoxy groups -OCH3 is 1. The van der Waals surface area contributed by atoms with Crippen molar-refractivity contribution >= 4 is 28.4 Å². The van der Waals surface area contributed by atoms with E-state index < -0.39 is 0 Å². The summed E-state index contributed by atoms with van der Waals surface area (Å²) in [6.45, 7) is 5.45. The van der Waals surface area contributed by atoms with Crippen molar-refractivity contribution in [1.29, 1.82) is 0 Å². The van der Waals surface area contributed by atoms with Crippen molar-refractivity contribution < 1.29 is 14.3 Å². The second-order valence-corrected chi connectivity index (χ2v) is 9.10. The monoisotopic (exact) mass is 469 g/mol. The third-order valence-electron chi connectivity index (χ3n) is 6.88. The van der Waals surface area contributed by atoms with Gasteiger partial charge in [-0.1, -0.05) is 29.8 Å². The number of aromatic amines is 1. The highest BCUT2D eigenvalue weighted by molar-refractivity contribution is 5.94. The minimum absolute atomic E-state index is 0.174. The predicted molar refractivity (Wildman–Crippen MR) is 135 cm³/mol. The Balaban J connectivity index is 1.43. The highest BCUT2D eigenvalue weighted by Crippen LogP contribution is 2.38. The Morgan fingerprint density at radius 1 is 1.26 bits per heavy atom. The number of esters is 1. The molecular weight excluding hydrogens is 442 g/mol. The number of H-pyrrole nitrogens is 1. The van der Waals surface area contributed by atoms with Gasteiger partial charge in [-0.3, -0.25) is 0 Å². The molecule has 1 fully saturated rings. The molecule has 8 nitrogen and oxygen atoms in total. The maximum atomic E-state index is 12.5. The third kappa shape index (κ3) is 3.80. The first-order valence-corrected chi connectivity index (χ1v) is 11.8. The number of aryl methyl sites for hydroxylation is 1. The van der Waals surface area contributed by atoms with Crippen LogP contribution in [0.4, 0.5) is 11.5 Å². The van der Waals surface area contributed by atoms with Gasteiger partial charge < -0.3 is 24.3 Å². The Morgan fingerprint density at radius 3 is 3.06 bits per heavy atom. The van der Waals surface area contributed by atoms with E-state index in [0.717, 1.165) is 52.2 Å². The molecule has 4 aromatic rings. The molecule has 0 saturated carbocycles. The Kier molecular flexibility index (Phi) is 5.37. The summed E-state index contributed by atoms with van der Waals surface area (Å²) >= 11 is 0. The minimum atomic E-state index is -0.328. The zero-order valence-corrected chi connectivity index (χ0v) is 19.8. The highest BCUT2D eigenvalue weighted by Gasteiger charge is 2.35. The zero-order chi connectivity index (χ0) is 23.9. The zero-order valence-electron chi connectivity index (χ0n) is 19.8. The van der Waals surface area contributed by atoms with Crippen LogP contribution in [-0.2, 0) is 16.0 Å². The van der Waals surface area contributed by atoms with Gasteiger partial charge in [0.05, 0.1) is 43.8 Å². The Bertz CT molecular complexity index is 1420. The highest BCUT2D eigenvalue weighted by atomic mass is 16.5. The molecule has 178 valence electrons. The molecule has 1 unspecified atom stereocenters. The van der Waals surface area contributed by atoms with Crippen LogP contribution in [0.5, 0.6) is 0 Å². The van der Waals surface area contributed by atoms with E-state index in [-0.39, 0.29) is 12.0 Å². The first kappa shape index (κ1) is 21.6. The normalized spacial score (nSPS) is 17.3. The first-order chi connectivity index (χ1) is 17.1. The van der Waals surface area contributed by atoms with Crippen molar-refractivity contribution in [1.82, 2.24) is 15.0 Å². The minimum Gasteiger partial charge on any atom is -0.465 e. The largest absolute Gasteiger partial charge is 0.465 e. The molecule has 2 aliphatic heterocycles. The van der Waals surface area contributed by atoms with Gasteiger partial charge in [-0.05, 0) is 30.7 Å². The van der Waals surface area contributed by atoms with Gasteiger partial charge in [-0.2, -0.15) is 0 Å². The molecule has 2 aromatic heterocycles. The van der Waals surface area contributed by atoms with E-state index in [9.17, 15) is 4.79 Å². The molecule has 2 aromatic carbocycles. The molecule has 0 bridgehead atoms. The number of rotatable bonds is 4. The molecule has 4 heterocycles. The average Bonchev–Trinajstić information content (AvgIpc) is 3.37. The topological polar surface area (TPSA) is 83.6 Å². The molecular formula is C27H27N5O3. The Labute approximate surface area is 203 Å². The Hall–Kier alpha value is -3.91. The molecule has 2 aliphatic rings. The second-order valence-electron chi connectivity index (χ2n) is 9.10. The molecule has 35 heavy (non-hydrogen) atoms. The fraction of sp³-hybridized carbons (Fsp3) is 0.296. The van der Waals surface area contributed by atoms with E-state index in [1.807, 2.05) is 37.5 Å². The molecule has 8 heteroatoms. The van der Waals surface area contributed by atoms with E-state index in [1.54, 1.807) is 0 Å². The fourth-order valence-electron chi connectivity index (χ4n) is 5.17. The smallest absolute Gasteiger partial charge is 0.338 e. The molecule has 0 aliphatic carbocycles. The lowest BCUT2D eigenvalue weighted by Crippen LogP contribution is -2.55. The number of aromatic nitrogens is 3. The summed E-state index contributed by atoms with van der Waals surface area (Å²) in [7, 11) is 1.42. The number of morpholine rings is 1. The van der Waals surface area contributed by atoms with Crippen LogP contribution in [0, 0.1) is 6.92 Å². The van der Waals surface area contributed by atoms with Gasteiger partial charge in [0.2, 0.25) is 0 Å². The lowest BCUT2D eigenvalue weighted by molar-refractivity contribution is 0.0599. The fourth-order valence-corrected chi connectivity index (χ4v) is 5.17. The molecule has 1 saturated heterocycles. The third-order valence-corrected chi connectivity index (χ3v) is 6.88. The number of nitrogens with one attached hydrogen (secondary N) is 1. The van der Waals surface area contributed by atoms with Crippen molar-refractivity contribution in [3.8, 4) is 11.4 Å². The lowest BCUT2D eigenvalue weighted by atomic mass is 10.0. The SMILES string of the molecule is COC(=O)c1ccc(C)cc1CN1CC2COCCN2c2nc(-c3cccc4[nH]ccc34)ncc21. The van der Waals surface area contributed by atoms with Crippen LogP contribution in [0.1, 0.15) is 21.5 Å². The number of carbonyl (C=O) groups is 1. The van der Waals surface area contributed by atoms with Crippen LogP contribution < -0.4 is 9.80 Å². The maximum absolute atomic E-state index is 12.5. The molecule has 1 N–H and O–H groups in total. The molecule has 0 amide bonds. The van der Waals surface area contributed by atoms with Crippen LogP contribution in [-0.4, -0.2) is 60.4 Å². The predicted octanol–water partition coefficient (Wildman–Crippen LogP) is 3.95. The molecule has 1 atom stereocenters. The molecule has 0 spiro atoms. The van der Waals surface area contributed by atoms with Crippen LogP contribution in [0.15, 0.2) is 54.9 Å². The summed E-state index contributed by atoms with van der Waals surface area (Å²) in [6, 6.07) is 14.2. The van der Waals surface area contributed by atoms with Crippen molar-refractivity contribution in [3.63, 3.8) is 0 Å². The number of fused-ring (bicyclic) bond motifs is 4. The van der Waals surface area contributed by atoms with Gasteiger partial charge in [0.15, 0.2) is 11.6 Å². The summed E-state index contributed by atoms with van der Waals surface area (Å²) in [5.74, 6) is 1.28. The average molecular weight is 470 g/mol. The van der Waals surface area contributed by atoms with Gasteiger partial charge in [0, 0.05) is 42.3 Å².